The number of benzene rings is 1. The molecule has 1 heterocycles. The van der Waals surface area contributed by atoms with E-state index in [0.717, 1.165) is 9.75 Å². The molecule has 4 nitrogen and oxygen atoms in total. The molecule has 21 heavy (non-hydrogen) atoms. The molecule has 112 valence electrons. The molecule has 0 saturated carbocycles. The van der Waals surface area contributed by atoms with Gasteiger partial charge in [-0.05, 0) is 26.0 Å². The van der Waals surface area contributed by atoms with Crippen LogP contribution >= 0.6 is 11.3 Å². The summed E-state index contributed by atoms with van der Waals surface area (Å²) in [4.78, 5) is 14.9. The third-order valence-electron chi connectivity index (χ3n) is 3.24. The minimum Gasteiger partial charge on any atom is -0.496 e. The van der Waals surface area contributed by atoms with Gasteiger partial charge in [-0.15, -0.1) is 11.3 Å². The molecule has 0 aliphatic carbocycles. The van der Waals surface area contributed by atoms with E-state index in [1.165, 1.54) is 7.11 Å². The highest BCUT2D eigenvalue weighted by Gasteiger charge is 2.21. The molecule has 0 aliphatic heterocycles. The van der Waals surface area contributed by atoms with Gasteiger partial charge in [-0.25, -0.2) is 0 Å². The van der Waals surface area contributed by atoms with Crippen molar-refractivity contribution in [3.63, 3.8) is 0 Å². The van der Waals surface area contributed by atoms with E-state index in [1.54, 1.807) is 37.7 Å². The van der Waals surface area contributed by atoms with E-state index in [9.17, 15) is 4.79 Å². The maximum absolute atomic E-state index is 12.8. The standard InChI is InChI=1S/C16H18O4S/c1-9-6-11(10(2)21-9)16(17)12-7-14(19-4)15(20-5)8-13(12)18-3/h6-8H,1-5H3. The summed E-state index contributed by atoms with van der Waals surface area (Å²) in [5.74, 6) is 1.44. The van der Waals surface area contributed by atoms with Gasteiger partial charge in [-0.1, -0.05) is 0 Å². The summed E-state index contributed by atoms with van der Waals surface area (Å²) in [6.45, 7) is 3.93. The Morgan fingerprint density at radius 2 is 1.43 bits per heavy atom. The van der Waals surface area contributed by atoms with Gasteiger partial charge in [0.1, 0.15) is 5.75 Å². The topological polar surface area (TPSA) is 44.8 Å². The highest BCUT2D eigenvalue weighted by molar-refractivity contribution is 7.12. The summed E-state index contributed by atoms with van der Waals surface area (Å²) in [7, 11) is 4.62. The van der Waals surface area contributed by atoms with Crippen molar-refractivity contribution in [2.75, 3.05) is 21.3 Å². The second-order valence-electron chi connectivity index (χ2n) is 4.56. The number of hydrogen-bond donors (Lipinski definition) is 0. The quantitative estimate of drug-likeness (QED) is 0.791. The number of aryl methyl sites for hydroxylation is 2. The number of rotatable bonds is 5. The van der Waals surface area contributed by atoms with E-state index in [0.29, 0.717) is 28.4 Å². The van der Waals surface area contributed by atoms with E-state index >= 15 is 0 Å². The molecule has 1 aromatic heterocycles. The SMILES string of the molecule is COc1cc(OC)c(C(=O)c2cc(C)sc2C)cc1OC. The highest BCUT2D eigenvalue weighted by Crippen LogP contribution is 2.36. The smallest absolute Gasteiger partial charge is 0.198 e. The van der Waals surface area contributed by atoms with Crippen LogP contribution in [0, 0.1) is 13.8 Å². The molecule has 0 aliphatic rings. The van der Waals surface area contributed by atoms with Crippen LogP contribution in [0.1, 0.15) is 25.7 Å². The maximum Gasteiger partial charge on any atom is 0.198 e. The van der Waals surface area contributed by atoms with Gasteiger partial charge >= 0.3 is 0 Å². The van der Waals surface area contributed by atoms with Crippen LogP contribution in [0.25, 0.3) is 0 Å². The highest BCUT2D eigenvalue weighted by atomic mass is 32.1. The summed E-state index contributed by atoms with van der Waals surface area (Å²) in [5.41, 5.74) is 1.17. The lowest BCUT2D eigenvalue weighted by molar-refractivity contribution is 0.103. The number of ether oxygens (including phenoxy) is 3. The first-order valence-electron chi connectivity index (χ1n) is 6.43. The lowest BCUT2D eigenvalue weighted by atomic mass is 10.0. The van der Waals surface area contributed by atoms with Crippen LogP contribution in [0.3, 0.4) is 0 Å². The molecule has 1 aromatic carbocycles. The van der Waals surface area contributed by atoms with Crippen LogP contribution < -0.4 is 14.2 Å². The number of ketones is 1. The maximum atomic E-state index is 12.8. The third-order valence-corrected chi connectivity index (χ3v) is 4.20. The fraction of sp³-hybridized carbons (Fsp3) is 0.312. The van der Waals surface area contributed by atoms with E-state index in [-0.39, 0.29) is 5.78 Å². The summed E-state index contributed by atoms with van der Waals surface area (Å²) in [5, 5.41) is 0. The Morgan fingerprint density at radius 1 is 0.857 bits per heavy atom. The molecule has 2 aromatic rings. The Hall–Kier alpha value is -2.01. The van der Waals surface area contributed by atoms with Crippen LogP contribution in [0.2, 0.25) is 0 Å². The molecule has 0 fully saturated rings. The molecular weight excluding hydrogens is 288 g/mol. The van der Waals surface area contributed by atoms with Gasteiger partial charge < -0.3 is 14.2 Å². The molecule has 0 atom stereocenters. The largest absolute Gasteiger partial charge is 0.496 e. The molecule has 0 unspecified atom stereocenters. The second-order valence-corrected chi connectivity index (χ2v) is 6.02. The van der Waals surface area contributed by atoms with Crippen LogP contribution in [-0.2, 0) is 0 Å². The first-order chi connectivity index (χ1) is 10.0. The van der Waals surface area contributed by atoms with Gasteiger partial charge in [0.25, 0.3) is 0 Å². The lowest BCUT2D eigenvalue weighted by Crippen LogP contribution is -2.05. The zero-order valence-corrected chi connectivity index (χ0v) is 13.6. The van der Waals surface area contributed by atoms with Crippen molar-refractivity contribution in [1.82, 2.24) is 0 Å². The third kappa shape index (κ3) is 2.88. The van der Waals surface area contributed by atoms with Gasteiger partial charge in [0, 0.05) is 21.4 Å². The Balaban J connectivity index is 2.56. The van der Waals surface area contributed by atoms with Gasteiger partial charge in [-0.2, -0.15) is 0 Å². The van der Waals surface area contributed by atoms with Crippen molar-refractivity contribution in [2.24, 2.45) is 0 Å². The van der Waals surface area contributed by atoms with Crippen molar-refractivity contribution in [1.29, 1.82) is 0 Å². The van der Waals surface area contributed by atoms with Crippen molar-refractivity contribution in [3.05, 3.63) is 39.1 Å². The second kappa shape index (κ2) is 6.18. The summed E-state index contributed by atoms with van der Waals surface area (Å²) in [6.07, 6.45) is 0. The number of hydrogen-bond acceptors (Lipinski definition) is 5. The zero-order valence-electron chi connectivity index (χ0n) is 12.8. The number of carbonyl (C=O) groups excluding carboxylic acids is 1. The summed E-state index contributed by atoms with van der Waals surface area (Å²) in [6, 6.07) is 5.23. The first-order valence-corrected chi connectivity index (χ1v) is 7.25. The zero-order chi connectivity index (χ0) is 15.6. The average Bonchev–Trinajstić information content (AvgIpc) is 2.83. The predicted octanol–water partition coefficient (Wildman–Crippen LogP) is 3.62. The lowest BCUT2D eigenvalue weighted by Gasteiger charge is -2.13. The van der Waals surface area contributed by atoms with Crippen LogP contribution in [0.5, 0.6) is 17.2 Å². The monoisotopic (exact) mass is 306 g/mol. The van der Waals surface area contributed by atoms with E-state index in [4.69, 9.17) is 14.2 Å². The molecule has 2 rings (SSSR count). The Kier molecular flexibility index (Phi) is 4.53. The first kappa shape index (κ1) is 15.4. The fourth-order valence-corrected chi connectivity index (χ4v) is 3.13. The average molecular weight is 306 g/mol. The van der Waals surface area contributed by atoms with Gasteiger partial charge in [0.2, 0.25) is 0 Å². The summed E-state index contributed by atoms with van der Waals surface area (Å²) < 4.78 is 15.8. The minimum atomic E-state index is -0.0744. The molecule has 5 heteroatoms. The fourth-order valence-electron chi connectivity index (χ4n) is 2.21. The van der Waals surface area contributed by atoms with Crippen molar-refractivity contribution < 1.29 is 19.0 Å². The molecule has 0 bridgehead atoms. The van der Waals surface area contributed by atoms with E-state index < -0.39 is 0 Å². The number of carbonyl (C=O) groups is 1. The van der Waals surface area contributed by atoms with Crippen LogP contribution in [-0.4, -0.2) is 27.1 Å². The van der Waals surface area contributed by atoms with Gasteiger partial charge in [-0.3, -0.25) is 4.79 Å². The Bertz CT molecular complexity index is 673. The predicted molar refractivity (Wildman–Crippen MR) is 83.3 cm³/mol. The van der Waals surface area contributed by atoms with Crippen molar-refractivity contribution in [2.45, 2.75) is 13.8 Å². The minimum absolute atomic E-state index is 0.0744. The van der Waals surface area contributed by atoms with E-state index in [1.807, 2.05) is 19.9 Å². The van der Waals surface area contributed by atoms with Crippen LogP contribution in [0.4, 0.5) is 0 Å². The molecule has 0 amide bonds. The van der Waals surface area contributed by atoms with Gasteiger partial charge in [0.15, 0.2) is 17.3 Å². The molecule has 0 N–H and O–H groups in total. The van der Waals surface area contributed by atoms with Crippen molar-refractivity contribution >= 4 is 17.1 Å². The van der Waals surface area contributed by atoms with Crippen LogP contribution in [0.15, 0.2) is 18.2 Å². The molecule has 0 saturated heterocycles. The Morgan fingerprint density at radius 3 is 1.90 bits per heavy atom. The summed E-state index contributed by atoms with van der Waals surface area (Å²) >= 11 is 1.61. The molecule has 0 spiro atoms. The molecular formula is C16H18O4S. The Labute approximate surface area is 128 Å². The molecule has 0 radical (unpaired) electrons. The van der Waals surface area contributed by atoms with Crippen molar-refractivity contribution in [3.8, 4) is 17.2 Å². The number of methoxy groups -OCH3 is 3. The number of thiophene rings is 1. The van der Waals surface area contributed by atoms with Gasteiger partial charge in [0.05, 0.1) is 26.9 Å². The normalized spacial score (nSPS) is 10.3. The van der Waals surface area contributed by atoms with E-state index in [2.05, 4.69) is 0 Å².